The van der Waals surface area contributed by atoms with Crippen LogP contribution in [0, 0.1) is 6.92 Å². The van der Waals surface area contributed by atoms with Crippen molar-refractivity contribution in [2.24, 2.45) is 10.2 Å². The number of fused-ring (bicyclic) bond motifs is 1. The molecule has 7 nitrogen and oxygen atoms in total. The highest BCUT2D eigenvalue weighted by atomic mass is 35.5. The van der Waals surface area contributed by atoms with Crippen LogP contribution in [0.3, 0.4) is 0 Å². The maximum absolute atomic E-state index is 11.1. The molecule has 122 valence electrons. The van der Waals surface area contributed by atoms with Crippen molar-refractivity contribution < 1.29 is 15.0 Å². The second-order valence-corrected chi connectivity index (χ2v) is 5.66. The highest BCUT2D eigenvalue weighted by molar-refractivity contribution is 6.30. The average molecular weight is 345 g/mol. The molecule has 0 aliphatic rings. The summed E-state index contributed by atoms with van der Waals surface area (Å²) >= 11 is 5.89. The minimum absolute atomic E-state index is 0.0760. The third kappa shape index (κ3) is 3.21. The summed E-state index contributed by atoms with van der Waals surface area (Å²) < 4.78 is 1.67. The number of imidazole rings is 1. The molecule has 0 saturated carbocycles. The number of nitrogens with zero attached hydrogens (tertiary/aromatic N) is 4. The van der Waals surface area contributed by atoms with E-state index in [9.17, 15) is 9.90 Å². The van der Waals surface area contributed by atoms with Gasteiger partial charge >= 0.3 is 5.97 Å². The van der Waals surface area contributed by atoms with E-state index in [2.05, 4.69) is 15.2 Å². The van der Waals surface area contributed by atoms with Gasteiger partial charge in [0.25, 0.3) is 0 Å². The van der Waals surface area contributed by atoms with Gasteiger partial charge in [0, 0.05) is 11.2 Å². The number of carbonyl (C=O) groups is 1. The summed E-state index contributed by atoms with van der Waals surface area (Å²) in [7, 11) is 0. The van der Waals surface area contributed by atoms with Gasteiger partial charge in [-0.05, 0) is 36.8 Å². The second-order valence-electron chi connectivity index (χ2n) is 5.22. The number of phenolic OH excluding ortho intramolecular Hbond substituents is 1. The van der Waals surface area contributed by atoms with Crippen molar-refractivity contribution in [1.29, 1.82) is 0 Å². The molecule has 3 aromatic rings. The number of carboxylic acid groups (broad SMARTS) is 1. The Morgan fingerprint density at radius 3 is 2.83 bits per heavy atom. The molecule has 2 N–H and O–H groups in total. The highest BCUT2D eigenvalue weighted by Crippen LogP contribution is 2.32. The number of hydrogen-bond donors (Lipinski definition) is 2. The predicted octanol–water partition coefficient (Wildman–Crippen LogP) is 4.04. The van der Waals surface area contributed by atoms with Crippen molar-refractivity contribution in [3.05, 3.63) is 52.8 Å². The molecular weight excluding hydrogens is 332 g/mol. The van der Waals surface area contributed by atoms with E-state index in [0.717, 1.165) is 5.56 Å². The zero-order valence-electron chi connectivity index (χ0n) is 12.6. The Morgan fingerprint density at radius 2 is 2.08 bits per heavy atom. The SMILES string of the molecule is Cc1ccc2nc(CC(=O)O)c(N=Nc3cc(Cl)ccc3O)n2c1. The second kappa shape index (κ2) is 6.29. The molecular formula is C16H13ClN4O3. The zero-order chi connectivity index (χ0) is 17.3. The number of aromatic hydroxyl groups is 1. The van der Waals surface area contributed by atoms with Gasteiger partial charge in [0.05, 0.1) is 12.1 Å². The van der Waals surface area contributed by atoms with E-state index < -0.39 is 5.97 Å². The predicted molar refractivity (Wildman–Crippen MR) is 88.6 cm³/mol. The van der Waals surface area contributed by atoms with E-state index in [1.807, 2.05) is 13.0 Å². The van der Waals surface area contributed by atoms with Gasteiger partial charge < -0.3 is 10.2 Å². The molecule has 2 aromatic heterocycles. The fourth-order valence-electron chi connectivity index (χ4n) is 2.23. The molecule has 2 heterocycles. The third-order valence-corrected chi connectivity index (χ3v) is 3.55. The number of aryl methyl sites for hydroxylation is 1. The van der Waals surface area contributed by atoms with Crippen LogP contribution in [0.15, 0.2) is 46.8 Å². The molecule has 1 aromatic carbocycles. The van der Waals surface area contributed by atoms with Crippen molar-refractivity contribution >= 4 is 34.7 Å². The maximum atomic E-state index is 11.1. The topological polar surface area (TPSA) is 99.5 Å². The van der Waals surface area contributed by atoms with Crippen LogP contribution < -0.4 is 0 Å². The first-order chi connectivity index (χ1) is 11.4. The maximum Gasteiger partial charge on any atom is 0.309 e. The summed E-state index contributed by atoms with van der Waals surface area (Å²) in [6.45, 7) is 1.90. The molecule has 3 rings (SSSR count). The summed E-state index contributed by atoms with van der Waals surface area (Å²) in [5.74, 6) is -0.791. The summed E-state index contributed by atoms with van der Waals surface area (Å²) in [4.78, 5) is 15.3. The number of pyridine rings is 1. The minimum Gasteiger partial charge on any atom is -0.506 e. The van der Waals surface area contributed by atoms with Gasteiger partial charge in [-0.1, -0.05) is 17.7 Å². The standard InChI is InChI=1S/C16H13ClN4O3/c1-9-2-5-14-18-12(7-15(23)24)16(21(14)8-9)20-19-11-6-10(17)3-4-13(11)22/h2-6,8,22H,7H2,1H3,(H,23,24). The molecule has 0 fully saturated rings. The van der Waals surface area contributed by atoms with Gasteiger partial charge in [-0.15, -0.1) is 10.2 Å². The molecule has 0 bridgehead atoms. The highest BCUT2D eigenvalue weighted by Gasteiger charge is 2.15. The summed E-state index contributed by atoms with van der Waals surface area (Å²) in [6, 6.07) is 8.05. The number of aromatic nitrogens is 2. The van der Waals surface area contributed by atoms with Crippen molar-refractivity contribution in [2.45, 2.75) is 13.3 Å². The number of azo groups is 1. The number of hydrogen-bond acceptors (Lipinski definition) is 5. The lowest BCUT2D eigenvalue weighted by atomic mass is 10.3. The van der Waals surface area contributed by atoms with Crippen LogP contribution in [0.25, 0.3) is 5.65 Å². The van der Waals surface area contributed by atoms with Crippen LogP contribution in [-0.4, -0.2) is 25.6 Å². The lowest BCUT2D eigenvalue weighted by Crippen LogP contribution is -2.00. The van der Waals surface area contributed by atoms with Gasteiger partial charge in [-0.2, -0.15) is 0 Å². The first kappa shape index (κ1) is 15.9. The van der Waals surface area contributed by atoms with E-state index in [1.165, 1.54) is 18.2 Å². The first-order valence-electron chi connectivity index (χ1n) is 7.03. The Balaban J connectivity index is 2.12. The molecule has 0 aliphatic carbocycles. The molecule has 24 heavy (non-hydrogen) atoms. The third-order valence-electron chi connectivity index (χ3n) is 3.32. The van der Waals surface area contributed by atoms with E-state index in [4.69, 9.17) is 16.7 Å². The van der Waals surface area contributed by atoms with Gasteiger partial charge in [0.2, 0.25) is 0 Å². The Kier molecular flexibility index (Phi) is 4.18. The fourth-order valence-corrected chi connectivity index (χ4v) is 2.40. The zero-order valence-corrected chi connectivity index (χ0v) is 13.4. The lowest BCUT2D eigenvalue weighted by Gasteiger charge is -2.00. The number of phenols is 1. The molecule has 0 radical (unpaired) electrons. The van der Waals surface area contributed by atoms with E-state index in [1.54, 1.807) is 16.7 Å². The van der Waals surface area contributed by atoms with Gasteiger partial charge in [-0.3, -0.25) is 9.20 Å². The molecule has 0 spiro atoms. The summed E-state index contributed by atoms with van der Waals surface area (Å²) in [5, 5.41) is 27.4. The Hall–Kier alpha value is -2.93. The Labute approximate surface area is 141 Å². The van der Waals surface area contributed by atoms with Crippen LogP contribution in [0.5, 0.6) is 5.75 Å². The van der Waals surface area contributed by atoms with Gasteiger partial charge in [0.1, 0.15) is 17.1 Å². The monoisotopic (exact) mass is 344 g/mol. The number of aliphatic carboxylic acids is 1. The van der Waals surface area contributed by atoms with Crippen molar-refractivity contribution in [2.75, 3.05) is 0 Å². The van der Waals surface area contributed by atoms with Crippen LogP contribution >= 0.6 is 11.6 Å². The molecule has 0 unspecified atom stereocenters. The van der Waals surface area contributed by atoms with E-state index >= 15 is 0 Å². The summed E-state index contributed by atoms with van der Waals surface area (Å²) in [5.41, 5.74) is 2.01. The van der Waals surface area contributed by atoms with Crippen LogP contribution in [0.1, 0.15) is 11.3 Å². The van der Waals surface area contributed by atoms with Crippen LogP contribution in [0.2, 0.25) is 5.02 Å². The number of carboxylic acids is 1. The van der Waals surface area contributed by atoms with Gasteiger partial charge in [-0.25, -0.2) is 4.98 Å². The number of benzene rings is 1. The van der Waals surface area contributed by atoms with Crippen LogP contribution in [0.4, 0.5) is 11.5 Å². The normalized spacial score (nSPS) is 11.4. The lowest BCUT2D eigenvalue weighted by molar-refractivity contribution is -0.136. The number of rotatable bonds is 4. The average Bonchev–Trinajstić information content (AvgIpc) is 2.84. The van der Waals surface area contributed by atoms with Crippen molar-refractivity contribution in [1.82, 2.24) is 9.38 Å². The van der Waals surface area contributed by atoms with Crippen molar-refractivity contribution in [3.8, 4) is 5.75 Å². The number of halogens is 1. The van der Waals surface area contributed by atoms with Gasteiger partial charge in [0.15, 0.2) is 5.82 Å². The van der Waals surface area contributed by atoms with E-state index in [0.29, 0.717) is 22.2 Å². The largest absolute Gasteiger partial charge is 0.506 e. The summed E-state index contributed by atoms with van der Waals surface area (Å²) in [6.07, 6.45) is 1.51. The molecule has 8 heteroatoms. The minimum atomic E-state index is -1.02. The molecule has 0 aliphatic heterocycles. The molecule has 0 atom stereocenters. The van der Waals surface area contributed by atoms with Crippen molar-refractivity contribution in [3.63, 3.8) is 0 Å². The first-order valence-corrected chi connectivity index (χ1v) is 7.41. The Bertz CT molecular complexity index is 965. The smallest absolute Gasteiger partial charge is 0.309 e. The quantitative estimate of drug-likeness (QED) is 0.697. The van der Waals surface area contributed by atoms with E-state index in [-0.39, 0.29) is 17.9 Å². The van der Waals surface area contributed by atoms with Crippen LogP contribution in [-0.2, 0) is 11.2 Å². The molecule has 0 amide bonds. The Morgan fingerprint density at radius 1 is 1.29 bits per heavy atom. The fraction of sp³-hybridized carbons (Fsp3) is 0.125. The molecule has 0 saturated heterocycles.